The van der Waals surface area contributed by atoms with Crippen molar-refractivity contribution in [3.8, 4) is 0 Å². The molecule has 0 radical (unpaired) electrons. The summed E-state index contributed by atoms with van der Waals surface area (Å²) in [5.74, 6) is -1.02. The maximum absolute atomic E-state index is 11.7. The number of carboxylic acids is 1. The van der Waals surface area contributed by atoms with Crippen LogP contribution in [0.3, 0.4) is 0 Å². The standard InChI is InChI=1S/C11H22N2O3/c1-4-5-6-13(3)8-10(14)9(12-2)7-11(15)16/h9,12H,4-8H2,1-3H3,(H,15,16). The van der Waals surface area contributed by atoms with Crippen molar-refractivity contribution in [3.05, 3.63) is 0 Å². The van der Waals surface area contributed by atoms with Crippen LogP contribution in [0.15, 0.2) is 0 Å². The molecular weight excluding hydrogens is 208 g/mol. The maximum atomic E-state index is 11.7. The molecule has 0 aromatic rings. The van der Waals surface area contributed by atoms with Gasteiger partial charge in [0, 0.05) is 0 Å². The summed E-state index contributed by atoms with van der Waals surface area (Å²) in [6.07, 6.45) is 1.98. The highest BCUT2D eigenvalue weighted by molar-refractivity contribution is 5.89. The first-order valence-electron chi connectivity index (χ1n) is 5.61. The topological polar surface area (TPSA) is 69.6 Å². The Hall–Kier alpha value is -0.940. The van der Waals surface area contributed by atoms with Gasteiger partial charge < -0.3 is 10.4 Å². The lowest BCUT2D eigenvalue weighted by atomic mass is 10.1. The Morgan fingerprint density at radius 2 is 2.06 bits per heavy atom. The van der Waals surface area contributed by atoms with E-state index in [-0.39, 0.29) is 12.2 Å². The Balaban J connectivity index is 4.04. The van der Waals surface area contributed by atoms with Crippen LogP contribution in [0.4, 0.5) is 0 Å². The van der Waals surface area contributed by atoms with Crippen LogP contribution in [-0.4, -0.2) is 55.0 Å². The molecule has 5 heteroatoms. The molecule has 0 aliphatic rings. The van der Waals surface area contributed by atoms with Crippen LogP contribution >= 0.6 is 0 Å². The van der Waals surface area contributed by atoms with Crippen LogP contribution in [0.5, 0.6) is 0 Å². The average molecular weight is 230 g/mol. The van der Waals surface area contributed by atoms with Gasteiger partial charge in [-0.05, 0) is 27.1 Å². The molecule has 0 aliphatic carbocycles. The normalized spacial score (nSPS) is 12.8. The molecule has 2 N–H and O–H groups in total. The Labute approximate surface area is 96.8 Å². The van der Waals surface area contributed by atoms with Crippen LogP contribution in [-0.2, 0) is 9.59 Å². The van der Waals surface area contributed by atoms with E-state index in [0.29, 0.717) is 6.54 Å². The van der Waals surface area contributed by atoms with Gasteiger partial charge in [0.25, 0.3) is 0 Å². The molecule has 0 saturated heterocycles. The molecule has 94 valence electrons. The predicted molar refractivity (Wildman–Crippen MR) is 62.5 cm³/mol. The number of ketones is 1. The lowest BCUT2D eigenvalue weighted by molar-refractivity contribution is -0.139. The SMILES string of the molecule is CCCCN(C)CC(=O)C(CC(=O)O)NC. The van der Waals surface area contributed by atoms with Crippen molar-refractivity contribution in [2.45, 2.75) is 32.2 Å². The maximum Gasteiger partial charge on any atom is 0.305 e. The fourth-order valence-corrected chi connectivity index (χ4v) is 1.43. The van der Waals surface area contributed by atoms with Crippen LogP contribution in [0.2, 0.25) is 0 Å². The summed E-state index contributed by atoms with van der Waals surface area (Å²) < 4.78 is 0. The van der Waals surface area contributed by atoms with E-state index < -0.39 is 12.0 Å². The van der Waals surface area contributed by atoms with Gasteiger partial charge in [-0.2, -0.15) is 0 Å². The van der Waals surface area contributed by atoms with Crippen molar-refractivity contribution in [2.75, 3.05) is 27.2 Å². The van der Waals surface area contributed by atoms with Gasteiger partial charge in [-0.15, -0.1) is 0 Å². The van der Waals surface area contributed by atoms with Crippen LogP contribution < -0.4 is 5.32 Å². The van der Waals surface area contributed by atoms with Gasteiger partial charge in [-0.1, -0.05) is 13.3 Å². The summed E-state index contributed by atoms with van der Waals surface area (Å²) in [6, 6.07) is -0.582. The molecule has 1 atom stereocenters. The van der Waals surface area contributed by atoms with E-state index in [2.05, 4.69) is 12.2 Å². The molecule has 0 spiro atoms. The summed E-state index contributed by atoms with van der Waals surface area (Å²) in [5.41, 5.74) is 0. The third-order valence-corrected chi connectivity index (χ3v) is 2.44. The number of carboxylic acid groups (broad SMARTS) is 1. The van der Waals surface area contributed by atoms with E-state index in [4.69, 9.17) is 5.11 Å². The minimum atomic E-state index is -0.955. The number of nitrogens with zero attached hydrogens (tertiary/aromatic N) is 1. The number of hydrogen-bond donors (Lipinski definition) is 2. The van der Waals surface area contributed by atoms with Crippen molar-refractivity contribution in [3.63, 3.8) is 0 Å². The smallest absolute Gasteiger partial charge is 0.305 e. The van der Waals surface area contributed by atoms with E-state index >= 15 is 0 Å². The lowest BCUT2D eigenvalue weighted by Gasteiger charge is -2.19. The van der Waals surface area contributed by atoms with E-state index in [1.165, 1.54) is 0 Å². The highest BCUT2D eigenvalue weighted by Crippen LogP contribution is 1.98. The zero-order chi connectivity index (χ0) is 12.6. The minimum absolute atomic E-state index is 0.0662. The van der Waals surface area contributed by atoms with Crippen molar-refractivity contribution in [1.82, 2.24) is 10.2 Å². The second-order valence-corrected chi connectivity index (χ2v) is 4.00. The number of Topliss-reactive ketones (excluding diaryl/α,β-unsaturated/α-hetero) is 1. The number of carbonyl (C=O) groups is 2. The van der Waals surface area contributed by atoms with Crippen molar-refractivity contribution in [1.29, 1.82) is 0 Å². The number of likely N-dealkylation sites (N-methyl/N-ethyl adjacent to an activating group) is 2. The third-order valence-electron chi connectivity index (χ3n) is 2.44. The van der Waals surface area contributed by atoms with E-state index in [1.54, 1.807) is 7.05 Å². The number of unbranched alkanes of at least 4 members (excludes halogenated alkanes) is 1. The summed E-state index contributed by atoms with van der Waals surface area (Å²) in [4.78, 5) is 24.2. The number of aliphatic carboxylic acids is 1. The fraction of sp³-hybridized carbons (Fsp3) is 0.818. The molecule has 1 unspecified atom stereocenters. The Bertz CT molecular complexity index is 231. The first-order chi connectivity index (χ1) is 7.51. The number of carbonyl (C=O) groups excluding carboxylic acids is 1. The zero-order valence-corrected chi connectivity index (χ0v) is 10.3. The van der Waals surface area contributed by atoms with Crippen LogP contribution in [0.1, 0.15) is 26.2 Å². The number of nitrogens with one attached hydrogen (secondary N) is 1. The van der Waals surface area contributed by atoms with Gasteiger partial charge in [0.15, 0.2) is 5.78 Å². The quantitative estimate of drug-likeness (QED) is 0.598. The van der Waals surface area contributed by atoms with Gasteiger partial charge in [-0.25, -0.2) is 0 Å². The molecule has 0 saturated carbocycles. The Kier molecular flexibility index (Phi) is 7.76. The van der Waals surface area contributed by atoms with Crippen LogP contribution in [0, 0.1) is 0 Å². The van der Waals surface area contributed by atoms with Gasteiger partial charge in [-0.3, -0.25) is 14.5 Å². The minimum Gasteiger partial charge on any atom is -0.481 e. The fourth-order valence-electron chi connectivity index (χ4n) is 1.43. The first kappa shape index (κ1) is 15.1. The largest absolute Gasteiger partial charge is 0.481 e. The first-order valence-corrected chi connectivity index (χ1v) is 5.61. The van der Waals surface area contributed by atoms with E-state index in [0.717, 1.165) is 19.4 Å². The van der Waals surface area contributed by atoms with E-state index in [9.17, 15) is 9.59 Å². The molecule has 0 aliphatic heterocycles. The predicted octanol–water partition coefficient (Wildman–Crippen LogP) is 0.350. The van der Waals surface area contributed by atoms with Gasteiger partial charge in [0.1, 0.15) is 0 Å². The molecule has 0 heterocycles. The highest BCUT2D eigenvalue weighted by atomic mass is 16.4. The van der Waals surface area contributed by atoms with Gasteiger partial charge in [0.05, 0.1) is 19.0 Å². The Morgan fingerprint density at radius 3 is 2.50 bits per heavy atom. The summed E-state index contributed by atoms with van der Waals surface area (Å²) in [5, 5.41) is 11.4. The number of rotatable bonds is 9. The molecule has 0 aromatic carbocycles. The molecule has 0 bridgehead atoms. The highest BCUT2D eigenvalue weighted by Gasteiger charge is 2.20. The zero-order valence-electron chi connectivity index (χ0n) is 10.3. The van der Waals surface area contributed by atoms with Gasteiger partial charge >= 0.3 is 5.97 Å². The molecule has 0 fully saturated rings. The average Bonchev–Trinajstić information content (AvgIpc) is 2.22. The van der Waals surface area contributed by atoms with Crippen molar-refractivity contribution < 1.29 is 14.7 Å². The van der Waals surface area contributed by atoms with E-state index in [1.807, 2.05) is 11.9 Å². The molecule has 0 amide bonds. The van der Waals surface area contributed by atoms with Crippen molar-refractivity contribution in [2.24, 2.45) is 0 Å². The Morgan fingerprint density at radius 1 is 1.44 bits per heavy atom. The third kappa shape index (κ3) is 6.53. The molecular formula is C11H22N2O3. The molecule has 16 heavy (non-hydrogen) atoms. The molecule has 0 rings (SSSR count). The summed E-state index contributed by atoms with van der Waals surface area (Å²) in [7, 11) is 3.48. The molecule has 0 aromatic heterocycles. The van der Waals surface area contributed by atoms with Gasteiger partial charge in [0.2, 0.25) is 0 Å². The second kappa shape index (κ2) is 8.24. The lowest BCUT2D eigenvalue weighted by Crippen LogP contribution is -2.42. The summed E-state index contributed by atoms with van der Waals surface area (Å²) in [6.45, 7) is 3.26. The number of hydrogen-bond acceptors (Lipinski definition) is 4. The van der Waals surface area contributed by atoms with Crippen molar-refractivity contribution >= 4 is 11.8 Å². The summed E-state index contributed by atoms with van der Waals surface area (Å²) >= 11 is 0. The second-order valence-electron chi connectivity index (χ2n) is 4.00. The molecule has 5 nitrogen and oxygen atoms in total. The monoisotopic (exact) mass is 230 g/mol. The van der Waals surface area contributed by atoms with Crippen LogP contribution in [0.25, 0.3) is 0 Å².